The molecule has 0 saturated heterocycles. The molecule has 6 nitrogen and oxygen atoms in total. The Morgan fingerprint density at radius 1 is 1.27 bits per heavy atom. The molecule has 0 saturated carbocycles. The van der Waals surface area contributed by atoms with E-state index in [0.717, 1.165) is 38.2 Å². The average molecular weight is 372 g/mol. The van der Waals surface area contributed by atoms with E-state index in [1.54, 1.807) is 32.4 Å². The number of benzene rings is 1. The molecule has 26 heavy (non-hydrogen) atoms. The number of aliphatic imine (C=N–C) groups is 1. The smallest absolute Gasteiger partial charge is 0.272 e. The zero-order valence-corrected chi connectivity index (χ0v) is 15.8. The molecule has 0 fully saturated rings. The highest BCUT2D eigenvalue weighted by Crippen LogP contribution is 2.14. The van der Waals surface area contributed by atoms with E-state index in [1.165, 1.54) is 0 Å². The lowest BCUT2D eigenvalue weighted by molar-refractivity contribution is 0.0818. The first-order valence-corrected chi connectivity index (χ1v) is 8.67. The monoisotopic (exact) mass is 372 g/mol. The molecule has 1 rings (SSSR count). The second-order valence-corrected chi connectivity index (χ2v) is 5.85. The summed E-state index contributed by atoms with van der Waals surface area (Å²) in [5, 5.41) is 6.45. The van der Waals surface area contributed by atoms with Crippen LogP contribution in [-0.2, 0) is 11.3 Å². The predicted octanol–water partition coefficient (Wildman–Crippen LogP) is 1.96. The zero-order chi connectivity index (χ0) is 19.2. The van der Waals surface area contributed by atoms with Gasteiger partial charge in [0.05, 0.1) is 0 Å². The third-order valence-corrected chi connectivity index (χ3v) is 3.63. The highest BCUT2D eigenvalue weighted by atomic mass is 19.3. The Balaban J connectivity index is 2.32. The van der Waals surface area contributed by atoms with Gasteiger partial charge in [0, 0.05) is 46.9 Å². The first-order chi connectivity index (χ1) is 12.5. The molecular weight excluding hydrogens is 342 g/mol. The van der Waals surface area contributed by atoms with Crippen LogP contribution in [0.4, 0.5) is 8.78 Å². The highest BCUT2D eigenvalue weighted by Gasteiger charge is 2.05. The van der Waals surface area contributed by atoms with Crippen molar-refractivity contribution in [1.82, 2.24) is 15.5 Å². The van der Waals surface area contributed by atoms with Crippen LogP contribution in [-0.4, -0.2) is 71.3 Å². The summed E-state index contributed by atoms with van der Waals surface area (Å²) in [6.45, 7) is 3.32. The van der Waals surface area contributed by atoms with Crippen molar-refractivity contribution >= 4 is 5.96 Å². The van der Waals surface area contributed by atoms with E-state index in [-0.39, 0.29) is 0 Å². The Morgan fingerprint density at radius 3 is 2.77 bits per heavy atom. The van der Waals surface area contributed by atoms with Crippen LogP contribution < -0.4 is 15.4 Å². The number of alkyl halides is 2. The molecule has 0 aliphatic rings. The standard InChI is InChI=1S/C18H30F2N4O2/c1-21-18(22-8-10-24(2)9-5-11-25-3)23-13-15-6-4-7-16(12-15)26-14-17(19)20/h4,6-7,12,17H,5,8-11,13-14H2,1-3H3,(H2,21,22,23). The first kappa shape index (κ1) is 22.1. The lowest BCUT2D eigenvalue weighted by atomic mass is 10.2. The van der Waals surface area contributed by atoms with E-state index in [4.69, 9.17) is 9.47 Å². The minimum absolute atomic E-state index is 0.435. The molecule has 0 heterocycles. The van der Waals surface area contributed by atoms with Gasteiger partial charge in [-0.3, -0.25) is 4.99 Å². The van der Waals surface area contributed by atoms with Crippen LogP contribution in [0, 0.1) is 0 Å². The maximum atomic E-state index is 12.2. The molecule has 0 bridgehead atoms. The van der Waals surface area contributed by atoms with Crippen LogP contribution in [0.25, 0.3) is 0 Å². The van der Waals surface area contributed by atoms with Gasteiger partial charge in [0.15, 0.2) is 5.96 Å². The number of methoxy groups -OCH3 is 1. The number of likely N-dealkylation sites (N-methyl/N-ethyl adjacent to an activating group) is 1. The number of halogens is 2. The van der Waals surface area contributed by atoms with Crippen molar-refractivity contribution < 1.29 is 18.3 Å². The van der Waals surface area contributed by atoms with Crippen LogP contribution in [0.3, 0.4) is 0 Å². The van der Waals surface area contributed by atoms with E-state index in [9.17, 15) is 8.78 Å². The lowest BCUT2D eigenvalue weighted by Gasteiger charge is -2.18. The van der Waals surface area contributed by atoms with E-state index >= 15 is 0 Å². The number of rotatable bonds is 12. The van der Waals surface area contributed by atoms with Gasteiger partial charge >= 0.3 is 0 Å². The third kappa shape index (κ3) is 10.1. The summed E-state index contributed by atoms with van der Waals surface area (Å²) < 4.78 is 34.5. The molecular formula is C18H30F2N4O2. The van der Waals surface area contributed by atoms with Crippen LogP contribution in [0.2, 0.25) is 0 Å². The largest absolute Gasteiger partial charge is 0.488 e. The van der Waals surface area contributed by atoms with Gasteiger partial charge in [-0.05, 0) is 31.2 Å². The highest BCUT2D eigenvalue weighted by molar-refractivity contribution is 5.79. The molecule has 2 N–H and O–H groups in total. The molecule has 0 aliphatic heterocycles. The van der Waals surface area contributed by atoms with Gasteiger partial charge in [-0.2, -0.15) is 0 Å². The van der Waals surface area contributed by atoms with Crippen LogP contribution in [0.1, 0.15) is 12.0 Å². The van der Waals surface area contributed by atoms with Crippen LogP contribution >= 0.6 is 0 Å². The van der Waals surface area contributed by atoms with Gasteiger partial charge < -0.3 is 25.0 Å². The second-order valence-electron chi connectivity index (χ2n) is 5.85. The Kier molecular flexibility index (Phi) is 11.3. The number of ether oxygens (including phenoxy) is 2. The third-order valence-electron chi connectivity index (χ3n) is 3.63. The fraction of sp³-hybridized carbons (Fsp3) is 0.611. The Hall–Kier alpha value is -1.93. The summed E-state index contributed by atoms with van der Waals surface area (Å²) in [5.74, 6) is 1.12. The lowest BCUT2D eigenvalue weighted by Crippen LogP contribution is -2.40. The summed E-state index contributed by atoms with van der Waals surface area (Å²) in [6, 6.07) is 7.09. The number of hydrogen-bond donors (Lipinski definition) is 2. The Labute approximate surface area is 154 Å². The molecule has 148 valence electrons. The van der Waals surface area contributed by atoms with Gasteiger partial charge in [-0.1, -0.05) is 12.1 Å². The fourth-order valence-corrected chi connectivity index (χ4v) is 2.27. The molecule has 0 spiro atoms. The number of nitrogens with zero attached hydrogens (tertiary/aromatic N) is 2. The molecule has 0 amide bonds. The van der Waals surface area contributed by atoms with E-state index in [0.29, 0.717) is 18.3 Å². The van der Waals surface area contributed by atoms with Crippen molar-refractivity contribution in [3.8, 4) is 5.75 Å². The summed E-state index contributed by atoms with van der Waals surface area (Å²) in [5.41, 5.74) is 0.927. The van der Waals surface area contributed by atoms with E-state index in [1.807, 2.05) is 6.07 Å². The first-order valence-electron chi connectivity index (χ1n) is 8.67. The molecule has 0 aliphatic carbocycles. The summed E-state index contributed by atoms with van der Waals surface area (Å²) in [7, 11) is 5.48. The average Bonchev–Trinajstić information content (AvgIpc) is 2.63. The van der Waals surface area contributed by atoms with Crippen molar-refractivity contribution in [2.45, 2.75) is 19.4 Å². The quantitative estimate of drug-likeness (QED) is 0.334. The van der Waals surface area contributed by atoms with Crippen molar-refractivity contribution in [3.05, 3.63) is 29.8 Å². The molecule has 1 aromatic rings. The Morgan fingerprint density at radius 2 is 2.08 bits per heavy atom. The summed E-state index contributed by atoms with van der Waals surface area (Å²) in [4.78, 5) is 6.41. The van der Waals surface area contributed by atoms with Crippen molar-refractivity contribution in [2.24, 2.45) is 4.99 Å². The van der Waals surface area contributed by atoms with Crippen LogP contribution in [0.5, 0.6) is 5.75 Å². The number of nitrogens with one attached hydrogen (secondary N) is 2. The van der Waals surface area contributed by atoms with Crippen LogP contribution in [0.15, 0.2) is 29.3 Å². The predicted molar refractivity (Wildman–Crippen MR) is 100 cm³/mol. The van der Waals surface area contributed by atoms with Crippen molar-refractivity contribution in [1.29, 1.82) is 0 Å². The number of hydrogen-bond acceptors (Lipinski definition) is 4. The maximum absolute atomic E-state index is 12.2. The van der Waals surface area contributed by atoms with Crippen molar-refractivity contribution in [3.63, 3.8) is 0 Å². The fourth-order valence-electron chi connectivity index (χ4n) is 2.27. The zero-order valence-electron chi connectivity index (χ0n) is 15.8. The van der Waals surface area contributed by atoms with Gasteiger partial charge in [0.2, 0.25) is 0 Å². The topological polar surface area (TPSA) is 58.1 Å². The molecule has 8 heteroatoms. The molecule has 0 unspecified atom stereocenters. The van der Waals surface area contributed by atoms with E-state index < -0.39 is 13.0 Å². The minimum Gasteiger partial charge on any atom is -0.488 e. The van der Waals surface area contributed by atoms with Gasteiger partial charge in [-0.15, -0.1) is 0 Å². The van der Waals surface area contributed by atoms with Gasteiger partial charge in [0.1, 0.15) is 12.4 Å². The molecule has 0 aromatic heterocycles. The van der Waals surface area contributed by atoms with Gasteiger partial charge in [-0.25, -0.2) is 8.78 Å². The maximum Gasteiger partial charge on any atom is 0.272 e. The SMILES string of the molecule is CN=C(NCCN(C)CCCOC)NCc1cccc(OCC(F)F)c1. The molecule has 0 radical (unpaired) electrons. The normalized spacial score (nSPS) is 11.9. The molecule has 0 atom stereocenters. The van der Waals surface area contributed by atoms with Gasteiger partial charge in [0.25, 0.3) is 6.43 Å². The van der Waals surface area contributed by atoms with Crippen molar-refractivity contribution in [2.75, 3.05) is 54.1 Å². The number of guanidine groups is 1. The van der Waals surface area contributed by atoms with E-state index in [2.05, 4.69) is 27.6 Å². The molecule has 1 aromatic carbocycles. The summed E-state index contributed by atoms with van der Waals surface area (Å²) in [6.07, 6.45) is -1.48. The summed E-state index contributed by atoms with van der Waals surface area (Å²) >= 11 is 0. The second kappa shape index (κ2) is 13.3. The minimum atomic E-state index is -2.48. The Bertz CT molecular complexity index is 530.